The van der Waals surface area contributed by atoms with E-state index in [1.165, 1.54) is 43.8 Å². The molecule has 0 spiro atoms. The highest BCUT2D eigenvalue weighted by Crippen LogP contribution is 2.34. The van der Waals surface area contributed by atoms with Crippen LogP contribution in [0.2, 0.25) is 0 Å². The fourth-order valence-electron chi connectivity index (χ4n) is 2.21. The van der Waals surface area contributed by atoms with Crippen LogP contribution in [-0.2, 0) is 0 Å². The summed E-state index contributed by atoms with van der Waals surface area (Å²) in [6.07, 6.45) is -0.00919. The van der Waals surface area contributed by atoms with E-state index in [0.29, 0.717) is 11.3 Å². The van der Waals surface area contributed by atoms with Crippen molar-refractivity contribution in [3.05, 3.63) is 66.4 Å². The number of ether oxygens (including phenoxy) is 2. The zero-order valence-electron chi connectivity index (χ0n) is 13.1. The van der Waals surface area contributed by atoms with Crippen LogP contribution in [0.1, 0.15) is 12.1 Å². The third-order valence-electron chi connectivity index (χ3n) is 3.43. The fraction of sp³-hybridized carbons (Fsp3) is 0.111. The summed E-state index contributed by atoms with van der Waals surface area (Å²) in [5, 5.41) is 0. The summed E-state index contributed by atoms with van der Waals surface area (Å²) in [5.41, 5.74) is 0.295. The molecule has 25 heavy (non-hydrogen) atoms. The molecule has 0 radical (unpaired) electrons. The van der Waals surface area contributed by atoms with Crippen LogP contribution in [0.25, 0.3) is 11.1 Å². The van der Waals surface area contributed by atoms with Gasteiger partial charge in [0.15, 0.2) is 0 Å². The standard InChI is InChI=1S/C18H13F3N2O2/c1-24-11-4-6-15(19)14(9-11)13-3-2-8-22-18(13)25-12-5-7-16(17(20)21)23-10-12/h2-10,17H,1H3. The van der Waals surface area contributed by atoms with E-state index in [4.69, 9.17) is 9.47 Å². The molecule has 0 aliphatic heterocycles. The van der Waals surface area contributed by atoms with E-state index in [9.17, 15) is 13.2 Å². The predicted molar refractivity (Wildman–Crippen MR) is 85.5 cm³/mol. The average molecular weight is 346 g/mol. The molecule has 4 nitrogen and oxygen atoms in total. The maximum Gasteiger partial charge on any atom is 0.280 e. The molecule has 0 N–H and O–H groups in total. The molecule has 0 bridgehead atoms. The summed E-state index contributed by atoms with van der Waals surface area (Å²) in [6, 6.07) is 10.1. The highest BCUT2D eigenvalue weighted by Gasteiger charge is 2.15. The Kier molecular flexibility index (Phi) is 4.83. The van der Waals surface area contributed by atoms with Crippen molar-refractivity contribution >= 4 is 0 Å². The minimum absolute atomic E-state index is 0.126. The Bertz CT molecular complexity index is 870. The van der Waals surface area contributed by atoms with Crippen LogP contribution in [0.15, 0.2) is 54.9 Å². The van der Waals surface area contributed by atoms with Gasteiger partial charge in [-0.05, 0) is 42.5 Å². The van der Waals surface area contributed by atoms with E-state index in [1.807, 2.05) is 0 Å². The van der Waals surface area contributed by atoms with Gasteiger partial charge in [-0.2, -0.15) is 0 Å². The number of alkyl halides is 2. The Balaban J connectivity index is 1.96. The fourth-order valence-corrected chi connectivity index (χ4v) is 2.21. The molecule has 1 aromatic carbocycles. The molecule has 2 aromatic heterocycles. The molecule has 2 heterocycles. The Labute approximate surface area is 141 Å². The average Bonchev–Trinajstić information content (AvgIpc) is 2.63. The molecule has 3 aromatic rings. The molecule has 0 amide bonds. The van der Waals surface area contributed by atoms with Gasteiger partial charge in [0, 0.05) is 17.3 Å². The van der Waals surface area contributed by atoms with Crippen molar-refractivity contribution in [2.75, 3.05) is 7.11 Å². The number of methoxy groups -OCH3 is 1. The van der Waals surface area contributed by atoms with Crippen LogP contribution in [-0.4, -0.2) is 17.1 Å². The topological polar surface area (TPSA) is 44.2 Å². The van der Waals surface area contributed by atoms with E-state index in [0.717, 1.165) is 6.07 Å². The summed E-state index contributed by atoms with van der Waals surface area (Å²) in [4.78, 5) is 7.72. The van der Waals surface area contributed by atoms with Crippen LogP contribution in [0.5, 0.6) is 17.4 Å². The number of hydrogen-bond donors (Lipinski definition) is 0. The Hall–Kier alpha value is -3.09. The third-order valence-corrected chi connectivity index (χ3v) is 3.43. The van der Waals surface area contributed by atoms with Gasteiger partial charge in [-0.15, -0.1) is 0 Å². The Morgan fingerprint density at radius 3 is 2.44 bits per heavy atom. The normalized spacial score (nSPS) is 10.8. The quantitative estimate of drug-likeness (QED) is 0.651. The summed E-state index contributed by atoms with van der Waals surface area (Å²) in [7, 11) is 1.48. The van der Waals surface area contributed by atoms with E-state index in [2.05, 4.69) is 9.97 Å². The summed E-state index contributed by atoms with van der Waals surface area (Å²) in [6.45, 7) is 0. The first-order valence-electron chi connectivity index (χ1n) is 7.29. The Morgan fingerprint density at radius 2 is 1.76 bits per heavy atom. The van der Waals surface area contributed by atoms with Gasteiger partial charge in [0.25, 0.3) is 6.43 Å². The van der Waals surface area contributed by atoms with Crippen LogP contribution in [0.3, 0.4) is 0 Å². The van der Waals surface area contributed by atoms with Crippen molar-refractivity contribution in [2.24, 2.45) is 0 Å². The first kappa shape index (κ1) is 16.8. The lowest BCUT2D eigenvalue weighted by molar-refractivity contribution is 0.146. The molecule has 0 atom stereocenters. The molecule has 0 saturated carbocycles. The van der Waals surface area contributed by atoms with Gasteiger partial charge in [0.1, 0.15) is 23.0 Å². The second kappa shape index (κ2) is 7.21. The lowest BCUT2D eigenvalue weighted by Gasteiger charge is -2.11. The summed E-state index contributed by atoms with van der Waals surface area (Å²) < 4.78 is 50.1. The van der Waals surface area contributed by atoms with E-state index < -0.39 is 12.2 Å². The van der Waals surface area contributed by atoms with Crippen molar-refractivity contribution in [3.63, 3.8) is 0 Å². The van der Waals surface area contributed by atoms with Crippen LogP contribution < -0.4 is 9.47 Å². The summed E-state index contributed by atoms with van der Waals surface area (Å²) in [5.74, 6) is 0.355. The SMILES string of the molecule is COc1ccc(F)c(-c2cccnc2Oc2ccc(C(F)F)nc2)c1. The number of hydrogen-bond acceptors (Lipinski definition) is 4. The minimum atomic E-state index is -2.66. The maximum atomic E-state index is 14.2. The van der Waals surface area contributed by atoms with E-state index in [-0.39, 0.29) is 22.9 Å². The van der Waals surface area contributed by atoms with Gasteiger partial charge in [0.2, 0.25) is 5.88 Å². The number of rotatable bonds is 5. The van der Waals surface area contributed by atoms with E-state index in [1.54, 1.807) is 12.1 Å². The minimum Gasteiger partial charge on any atom is -0.497 e. The van der Waals surface area contributed by atoms with Crippen molar-refractivity contribution in [2.45, 2.75) is 6.43 Å². The smallest absolute Gasteiger partial charge is 0.280 e. The second-order valence-electron chi connectivity index (χ2n) is 5.02. The maximum absolute atomic E-state index is 14.2. The molecular weight excluding hydrogens is 333 g/mol. The zero-order valence-corrected chi connectivity index (χ0v) is 13.1. The molecule has 7 heteroatoms. The second-order valence-corrected chi connectivity index (χ2v) is 5.02. The molecule has 0 unspecified atom stereocenters. The summed E-state index contributed by atoms with van der Waals surface area (Å²) >= 11 is 0. The lowest BCUT2D eigenvalue weighted by Crippen LogP contribution is -1.95. The van der Waals surface area contributed by atoms with Crippen LogP contribution in [0, 0.1) is 5.82 Å². The van der Waals surface area contributed by atoms with Crippen molar-refractivity contribution < 1.29 is 22.6 Å². The molecule has 0 fully saturated rings. The van der Waals surface area contributed by atoms with Crippen molar-refractivity contribution in [1.29, 1.82) is 0 Å². The largest absolute Gasteiger partial charge is 0.497 e. The van der Waals surface area contributed by atoms with Gasteiger partial charge >= 0.3 is 0 Å². The monoisotopic (exact) mass is 346 g/mol. The highest BCUT2D eigenvalue weighted by atomic mass is 19.3. The first-order valence-corrected chi connectivity index (χ1v) is 7.29. The van der Waals surface area contributed by atoms with Gasteiger partial charge in [-0.25, -0.2) is 18.2 Å². The number of aromatic nitrogens is 2. The molecule has 3 rings (SSSR count). The number of halogens is 3. The number of pyridine rings is 2. The molecule has 0 aliphatic carbocycles. The van der Waals surface area contributed by atoms with Crippen molar-refractivity contribution in [1.82, 2.24) is 9.97 Å². The molecular formula is C18H13F3N2O2. The molecule has 0 aliphatic rings. The van der Waals surface area contributed by atoms with Gasteiger partial charge in [-0.3, -0.25) is 4.98 Å². The van der Waals surface area contributed by atoms with Crippen molar-refractivity contribution in [3.8, 4) is 28.5 Å². The van der Waals surface area contributed by atoms with Gasteiger partial charge < -0.3 is 9.47 Å². The first-order chi connectivity index (χ1) is 12.1. The van der Waals surface area contributed by atoms with Gasteiger partial charge in [0.05, 0.1) is 13.3 Å². The van der Waals surface area contributed by atoms with Crippen LogP contribution >= 0.6 is 0 Å². The Morgan fingerprint density at radius 1 is 0.960 bits per heavy atom. The van der Waals surface area contributed by atoms with E-state index >= 15 is 0 Å². The predicted octanol–water partition coefficient (Wildman–Crippen LogP) is 5.02. The van der Waals surface area contributed by atoms with Gasteiger partial charge in [-0.1, -0.05) is 0 Å². The van der Waals surface area contributed by atoms with Crippen LogP contribution in [0.4, 0.5) is 13.2 Å². The molecule has 0 saturated heterocycles. The zero-order chi connectivity index (χ0) is 17.8. The number of benzene rings is 1. The number of nitrogens with zero attached hydrogens (tertiary/aromatic N) is 2. The third kappa shape index (κ3) is 3.71. The highest BCUT2D eigenvalue weighted by molar-refractivity contribution is 5.70. The molecule has 128 valence electrons. The lowest BCUT2D eigenvalue weighted by atomic mass is 10.1.